The number of hydrogen-bond acceptors (Lipinski definition) is 4. The lowest BCUT2D eigenvalue weighted by molar-refractivity contribution is 0.0544. The van der Waals surface area contributed by atoms with Gasteiger partial charge in [0.05, 0.1) is 0 Å². The molecule has 1 heterocycles. The predicted molar refractivity (Wildman–Crippen MR) is 41.3 cm³/mol. The molecule has 0 saturated carbocycles. The summed E-state index contributed by atoms with van der Waals surface area (Å²) in [4.78, 5) is 3.81. The molecule has 0 aliphatic carbocycles. The molecule has 0 aliphatic heterocycles. The molecule has 5 N–H and O–H groups in total. The smallest absolute Gasteiger partial charge is 0.170 e. The fourth-order valence-corrected chi connectivity index (χ4v) is 0.828. The monoisotopic (exact) mass is 153 g/mol. The van der Waals surface area contributed by atoms with Gasteiger partial charge in [-0.25, -0.2) is 0 Å². The van der Waals surface area contributed by atoms with E-state index < -0.39 is 5.85 Å². The van der Waals surface area contributed by atoms with Crippen molar-refractivity contribution in [2.75, 3.05) is 0 Å². The minimum absolute atomic E-state index is 0.232. The zero-order valence-corrected chi connectivity index (χ0v) is 6.07. The third-order valence-electron chi connectivity index (χ3n) is 1.24. The average Bonchev–Trinajstić information content (AvgIpc) is 1.85. The fourth-order valence-electron chi connectivity index (χ4n) is 0.828. The summed E-state index contributed by atoms with van der Waals surface area (Å²) in [5.74, 6) is -1.62. The van der Waals surface area contributed by atoms with Gasteiger partial charge in [-0.3, -0.25) is 16.5 Å². The van der Waals surface area contributed by atoms with E-state index in [2.05, 4.69) is 4.98 Å². The van der Waals surface area contributed by atoms with E-state index in [1.807, 2.05) is 0 Å². The molecule has 1 aromatic heterocycles. The molecule has 60 valence electrons. The van der Waals surface area contributed by atoms with Crippen molar-refractivity contribution >= 4 is 0 Å². The van der Waals surface area contributed by atoms with Gasteiger partial charge < -0.3 is 5.11 Å². The number of pyridine rings is 1. The highest BCUT2D eigenvalue weighted by Crippen LogP contribution is 2.01. The Balaban J connectivity index is 2.66. The van der Waals surface area contributed by atoms with Crippen LogP contribution in [0.2, 0.25) is 0 Å². The van der Waals surface area contributed by atoms with E-state index in [0.717, 1.165) is 5.56 Å². The average molecular weight is 153 g/mol. The number of rotatable bonds is 2. The van der Waals surface area contributed by atoms with Gasteiger partial charge >= 0.3 is 0 Å². The van der Waals surface area contributed by atoms with E-state index in [-0.39, 0.29) is 6.42 Å². The summed E-state index contributed by atoms with van der Waals surface area (Å²) in [6.45, 7) is 0. The van der Waals surface area contributed by atoms with Gasteiger partial charge in [0.15, 0.2) is 5.85 Å². The second-order valence-corrected chi connectivity index (χ2v) is 2.52. The lowest BCUT2D eigenvalue weighted by Crippen LogP contribution is -2.51. The summed E-state index contributed by atoms with van der Waals surface area (Å²) >= 11 is 0. The zero-order chi connectivity index (χ0) is 8.32. The first-order valence-electron chi connectivity index (χ1n) is 3.27. The SMILES string of the molecule is NC(N)(O)Cc1ccncc1. The molecule has 0 amide bonds. The molecular weight excluding hydrogens is 142 g/mol. The third-order valence-corrected chi connectivity index (χ3v) is 1.24. The van der Waals surface area contributed by atoms with E-state index in [1.54, 1.807) is 24.5 Å². The molecule has 4 heteroatoms. The molecular formula is C7H11N3O. The quantitative estimate of drug-likeness (QED) is 0.485. The highest BCUT2D eigenvalue weighted by Gasteiger charge is 2.13. The molecule has 0 aliphatic rings. The van der Waals surface area contributed by atoms with Crippen LogP contribution in [0.15, 0.2) is 24.5 Å². The van der Waals surface area contributed by atoms with Crippen LogP contribution in [0.5, 0.6) is 0 Å². The van der Waals surface area contributed by atoms with Crippen molar-refractivity contribution in [3.8, 4) is 0 Å². The first-order valence-corrected chi connectivity index (χ1v) is 3.27. The van der Waals surface area contributed by atoms with Crippen LogP contribution < -0.4 is 11.5 Å². The molecule has 0 saturated heterocycles. The van der Waals surface area contributed by atoms with Crippen LogP contribution >= 0.6 is 0 Å². The molecule has 11 heavy (non-hydrogen) atoms. The molecule has 0 atom stereocenters. The zero-order valence-electron chi connectivity index (χ0n) is 6.07. The van der Waals surface area contributed by atoms with Crippen molar-refractivity contribution in [2.45, 2.75) is 12.3 Å². The number of hydrogen-bond donors (Lipinski definition) is 3. The Morgan fingerprint density at radius 2 is 1.91 bits per heavy atom. The van der Waals surface area contributed by atoms with Crippen LogP contribution in [-0.2, 0) is 6.42 Å². The molecule has 1 rings (SSSR count). The van der Waals surface area contributed by atoms with Crippen molar-refractivity contribution in [2.24, 2.45) is 11.5 Å². The Morgan fingerprint density at radius 3 is 2.36 bits per heavy atom. The highest BCUT2D eigenvalue weighted by atomic mass is 16.3. The first kappa shape index (κ1) is 8.13. The first-order chi connectivity index (χ1) is 5.08. The molecule has 0 aromatic carbocycles. The topological polar surface area (TPSA) is 85.2 Å². The molecule has 0 unspecified atom stereocenters. The lowest BCUT2D eigenvalue weighted by Gasteiger charge is -2.16. The Bertz CT molecular complexity index is 217. The molecule has 0 bridgehead atoms. The Morgan fingerprint density at radius 1 is 1.36 bits per heavy atom. The van der Waals surface area contributed by atoms with Crippen molar-refractivity contribution in [3.63, 3.8) is 0 Å². The minimum Gasteiger partial charge on any atom is -0.363 e. The van der Waals surface area contributed by atoms with Crippen LogP contribution in [0.1, 0.15) is 5.56 Å². The van der Waals surface area contributed by atoms with Crippen LogP contribution in [0.25, 0.3) is 0 Å². The fraction of sp³-hybridized carbons (Fsp3) is 0.286. The number of aromatic nitrogens is 1. The molecule has 4 nitrogen and oxygen atoms in total. The van der Waals surface area contributed by atoms with Gasteiger partial charge in [-0.1, -0.05) is 0 Å². The van der Waals surface area contributed by atoms with Gasteiger partial charge in [0.1, 0.15) is 0 Å². The van der Waals surface area contributed by atoms with Gasteiger partial charge in [-0.15, -0.1) is 0 Å². The summed E-state index contributed by atoms with van der Waals surface area (Å²) in [6, 6.07) is 3.51. The van der Waals surface area contributed by atoms with Gasteiger partial charge in [0.25, 0.3) is 0 Å². The van der Waals surface area contributed by atoms with Gasteiger partial charge in [-0.2, -0.15) is 0 Å². The maximum Gasteiger partial charge on any atom is 0.170 e. The molecule has 0 fully saturated rings. The third kappa shape index (κ3) is 3.08. The largest absolute Gasteiger partial charge is 0.363 e. The second kappa shape index (κ2) is 2.96. The maximum atomic E-state index is 9.01. The highest BCUT2D eigenvalue weighted by molar-refractivity contribution is 5.11. The van der Waals surface area contributed by atoms with Gasteiger partial charge in [-0.05, 0) is 17.7 Å². The summed E-state index contributed by atoms with van der Waals surface area (Å²) in [7, 11) is 0. The maximum absolute atomic E-state index is 9.01. The van der Waals surface area contributed by atoms with Crippen molar-refractivity contribution < 1.29 is 5.11 Å². The molecule has 0 spiro atoms. The number of aliphatic hydroxyl groups is 1. The van der Waals surface area contributed by atoms with Crippen LogP contribution in [0.4, 0.5) is 0 Å². The van der Waals surface area contributed by atoms with E-state index in [1.165, 1.54) is 0 Å². The number of nitrogens with zero attached hydrogens (tertiary/aromatic N) is 1. The molecule has 1 aromatic rings. The van der Waals surface area contributed by atoms with Crippen LogP contribution in [-0.4, -0.2) is 15.9 Å². The van der Waals surface area contributed by atoms with Gasteiger partial charge in [0.2, 0.25) is 0 Å². The summed E-state index contributed by atoms with van der Waals surface area (Å²) < 4.78 is 0. The Hall–Kier alpha value is -0.970. The summed E-state index contributed by atoms with van der Waals surface area (Å²) in [5, 5.41) is 9.01. The van der Waals surface area contributed by atoms with Gasteiger partial charge in [0, 0.05) is 18.8 Å². The number of nitrogens with two attached hydrogens (primary N) is 2. The summed E-state index contributed by atoms with van der Waals surface area (Å²) in [5.41, 5.74) is 11.2. The van der Waals surface area contributed by atoms with E-state index >= 15 is 0 Å². The predicted octanol–water partition coefficient (Wildman–Crippen LogP) is -0.812. The van der Waals surface area contributed by atoms with Crippen molar-refractivity contribution in [1.29, 1.82) is 0 Å². The van der Waals surface area contributed by atoms with Crippen LogP contribution in [0.3, 0.4) is 0 Å². The van der Waals surface area contributed by atoms with E-state index in [9.17, 15) is 0 Å². The van der Waals surface area contributed by atoms with Crippen molar-refractivity contribution in [3.05, 3.63) is 30.1 Å². The Kier molecular flexibility index (Phi) is 2.19. The standard InChI is InChI=1S/C7H11N3O/c8-7(9,11)5-6-1-3-10-4-2-6/h1-4,11H,5,8-9H2. The second-order valence-electron chi connectivity index (χ2n) is 2.52. The Labute approximate surface area is 64.9 Å². The lowest BCUT2D eigenvalue weighted by atomic mass is 10.1. The van der Waals surface area contributed by atoms with Crippen LogP contribution in [0, 0.1) is 0 Å². The van der Waals surface area contributed by atoms with E-state index in [4.69, 9.17) is 16.6 Å². The minimum atomic E-state index is -1.62. The normalized spacial score (nSPS) is 11.5. The summed E-state index contributed by atoms with van der Waals surface area (Å²) in [6.07, 6.45) is 3.48. The molecule has 0 radical (unpaired) electrons. The van der Waals surface area contributed by atoms with E-state index in [0.29, 0.717) is 0 Å². The van der Waals surface area contributed by atoms with Crippen molar-refractivity contribution in [1.82, 2.24) is 4.98 Å².